The summed E-state index contributed by atoms with van der Waals surface area (Å²) >= 11 is 0. The van der Waals surface area contributed by atoms with Crippen molar-refractivity contribution in [3.63, 3.8) is 0 Å². The molecule has 5 N–H and O–H groups in total. The quantitative estimate of drug-likeness (QED) is 0.0888. The predicted molar refractivity (Wildman–Crippen MR) is 160 cm³/mol. The summed E-state index contributed by atoms with van der Waals surface area (Å²) in [7, 11) is -4.70. The van der Waals surface area contributed by atoms with E-state index in [0.717, 1.165) is 42.1 Å². The molecule has 0 radical (unpaired) electrons. The van der Waals surface area contributed by atoms with Crippen molar-refractivity contribution in [1.29, 1.82) is 0 Å². The van der Waals surface area contributed by atoms with Crippen LogP contribution in [0.4, 0.5) is 0 Å². The Hall–Kier alpha value is -3.99. The van der Waals surface area contributed by atoms with E-state index < -0.39 is 31.7 Å². The van der Waals surface area contributed by atoms with E-state index in [1.807, 2.05) is 30.5 Å². The molecule has 230 valence electrons. The number of para-hydroxylation sites is 1. The van der Waals surface area contributed by atoms with Gasteiger partial charge >= 0.3 is 7.82 Å². The Labute approximate surface area is 249 Å². The molecular weight excluding hydrogens is 573 g/mol. The lowest BCUT2D eigenvalue weighted by Crippen LogP contribution is -2.48. The van der Waals surface area contributed by atoms with Gasteiger partial charge in [0.2, 0.25) is 17.7 Å². The number of nitrogens with one attached hydrogen (secondary N) is 3. The van der Waals surface area contributed by atoms with Crippen LogP contribution in [0.1, 0.15) is 74.8 Å². The molecule has 0 spiro atoms. The average Bonchev–Trinajstić information content (AvgIpc) is 3.59. The zero-order valence-corrected chi connectivity index (χ0v) is 25.2. The van der Waals surface area contributed by atoms with Crippen LogP contribution in [0.2, 0.25) is 0 Å². The molecule has 12 nitrogen and oxygen atoms in total. The Morgan fingerprint density at radius 1 is 1.02 bits per heavy atom. The van der Waals surface area contributed by atoms with Gasteiger partial charge in [0.1, 0.15) is 17.8 Å². The fraction of sp³-hybridized carbons (Fsp3) is 0.400. The number of fused-ring (bicyclic) bond motifs is 1. The third kappa shape index (κ3) is 9.77. The SMILES string of the molecule is CCCCCCCc1noc([C@H](Cc2c[nH]c3ccccc23)NC(=O)[C@H](Cc2ccc(OP(=O)(O)O)cc2)NC(C)=O)n1. The van der Waals surface area contributed by atoms with E-state index in [9.17, 15) is 14.2 Å². The van der Waals surface area contributed by atoms with Gasteiger partial charge in [-0.3, -0.25) is 19.4 Å². The molecule has 0 saturated heterocycles. The lowest BCUT2D eigenvalue weighted by Gasteiger charge is -2.21. The third-order valence-electron chi connectivity index (χ3n) is 6.98. The second kappa shape index (κ2) is 15.0. The molecule has 2 aromatic heterocycles. The zero-order chi connectivity index (χ0) is 30.8. The van der Waals surface area contributed by atoms with Gasteiger partial charge in [-0.1, -0.05) is 68.1 Å². The number of rotatable bonds is 16. The smallest absolute Gasteiger partial charge is 0.404 e. The van der Waals surface area contributed by atoms with Gasteiger partial charge in [0.25, 0.3) is 0 Å². The van der Waals surface area contributed by atoms with Gasteiger partial charge in [-0.2, -0.15) is 4.98 Å². The van der Waals surface area contributed by atoms with Crippen LogP contribution in [-0.2, 0) is 33.4 Å². The number of carbonyl (C=O) groups excluding carboxylic acids is 2. The fourth-order valence-corrected chi connectivity index (χ4v) is 5.30. The molecule has 13 heteroatoms. The number of phosphoric ester groups is 1. The normalized spacial score (nSPS) is 13.0. The molecule has 4 rings (SSSR count). The average molecular weight is 612 g/mol. The van der Waals surface area contributed by atoms with Gasteiger partial charge in [0, 0.05) is 43.3 Å². The second-order valence-electron chi connectivity index (χ2n) is 10.5. The van der Waals surface area contributed by atoms with Gasteiger partial charge in [0.05, 0.1) is 0 Å². The fourth-order valence-electron chi connectivity index (χ4n) is 4.90. The zero-order valence-electron chi connectivity index (χ0n) is 24.3. The number of amides is 2. The first-order chi connectivity index (χ1) is 20.6. The number of hydrogen-bond acceptors (Lipinski definition) is 7. The van der Waals surface area contributed by atoms with Crippen LogP contribution < -0.4 is 15.2 Å². The first-order valence-corrected chi connectivity index (χ1v) is 15.9. The van der Waals surface area contributed by atoms with Gasteiger partial charge in [-0.15, -0.1) is 0 Å². The van der Waals surface area contributed by atoms with E-state index in [1.165, 1.54) is 25.5 Å². The molecular formula is C30H38N5O7P. The number of H-pyrrole nitrogens is 1. The number of unbranched alkanes of at least 4 members (excludes halogenated alkanes) is 4. The number of aromatic nitrogens is 3. The van der Waals surface area contributed by atoms with Crippen LogP contribution in [0.25, 0.3) is 10.9 Å². The van der Waals surface area contributed by atoms with Crippen LogP contribution in [0.15, 0.2) is 59.3 Å². The van der Waals surface area contributed by atoms with E-state index in [4.69, 9.17) is 14.3 Å². The highest BCUT2D eigenvalue weighted by Crippen LogP contribution is 2.37. The number of nitrogens with zero attached hydrogens (tertiary/aromatic N) is 2. The first-order valence-electron chi connectivity index (χ1n) is 14.4. The molecule has 0 aliphatic carbocycles. The summed E-state index contributed by atoms with van der Waals surface area (Å²) < 4.78 is 21.4. The number of carbonyl (C=O) groups is 2. The Balaban J connectivity index is 1.53. The summed E-state index contributed by atoms with van der Waals surface area (Å²) in [5.41, 5.74) is 2.56. The lowest BCUT2D eigenvalue weighted by atomic mass is 10.0. The van der Waals surface area contributed by atoms with E-state index in [-0.39, 0.29) is 18.1 Å². The third-order valence-corrected chi connectivity index (χ3v) is 7.43. The topological polar surface area (TPSA) is 180 Å². The monoisotopic (exact) mass is 611 g/mol. The summed E-state index contributed by atoms with van der Waals surface area (Å²) in [6, 6.07) is 12.2. The highest BCUT2D eigenvalue weighted by atomic mass is 31.2. The van der Waals surface area contributed by atoms with Crippen LogP contribution in [0, 0.1) is 0 Å². The van der Waals surface area contributed by atoms with Crippen molar-refractivity contribution < 1.29 is 33.0 Å². The van der Waals surface area contributed by atoms with Crippen LogP contribution >= 0.6 is 7.82 Å². The minimum absolute atomic E-state index is 0.0195. The molecule has 0 fully saturated rings. The molecule has 0 aliphatic rings. The number of aromatic amines is 1. The van der Waals surface area contributed by atoms with Crippen molar-refractivity contribution in [1.82, 2.24) is 25.8 Å². The minimum Gasteiger partial charge on any atom is -0.404 e. The predicted octanol–water partition coefficient (Wildman–Crippen LogP) is 4.68. The highest BCUT2D eigenvalue weighted by Gasteiger charge is 2.28. The molecule has 0 aliphatic heterocycles. The summed E-state index contributed by atoms with van der Waals surface area (Å²) in [5.74, 6) is 0.00482. The molecule has 2 amide bonds. The van der Waals surface area contributed by atoms with Gasteiger partial charge in [-0.05, 0) is 35.7 Å². The summed E-state index contributed by atoms with van der Waals surface area (Å²) in [5, 5.41) is 10.9. The Morgan fingerprint density at radius 3 is 2.49 bits per heavy atom. The summed E-state index contributed by atoms with van der Waals surface area (Å²) in [4.78, 5) is 51.6. The molecule has 0 saturated carbocycles. The van der Waals surface area contributed by atoms with E-state index >= 15 is 0 Å². The van der Waals surface area contributed by atoms with Crippen LogP contribution in [0.5, 0.6) is 5.75 Å². The molecule has 2 aromatic carbocycles. The Morgan fingerprint density at radius 2 is 1.77 bits per heavy atom. The maximum absolute atomic E-state index is 13.6. The van der Waals surface area contributed by atoms with Crippen molar-refractivity contribution in [2.45, 2.75) is 77.3 Å². The maximum atomic E-state index is 13.6. The molecule has 0 unspecified atom stereocenters. The largest absolute Gasteiger partial charge is 0.524 e. The molecule has 4 aromatic rings. The first kappa shape index (κ1) is 31.9. The Kier molecular flexibility index (Phi) is 11.1. The maximum Gasteiger partial charge on any atom is 0.524 e. The summed E-state index contributed by atoms with van der Waals surface area (Å²) in [6.07, 6.45) is 8.60. The van der Waals surface area contributed by atoms with Gasteiger partial charge in [-0.25, -0.2) is 4.57 Å². The van der Waals surface area contributed by atoms with E-state index in [1.54, 1.807) is 12.1 Å². The molecule has 2 atom stereocenters. The number of aryl methyl sites for hydroxylation is 1. The highest BCUT2D eigenvalue weighted by molar-refractivity contribution is 7.46. The molecule has 43 heavy (non-hydrogen) atoms. The van der Waals surface area contributed by atoms with Crippen LogP contribution in [0.3, 0.4) is 0 Å². The minimum atomic E-state index is -4.70. The number of phosphoric acid groups is 1. The van der Waals surface area contributed by atoms with Crippen LogP contribution in [-0.4, -0.2) is 42.8 Å². The van der Waals surface area contributed by atoms with Crippen molar-refractivity contribution >= 4 is 30.5 Å². The van der Waals surface area contributed by atoms with Gasteiger partial charge in [0.15, 0.2) is 5.82 Å². The van der Waals surface area contributed by atoms with Crippen molar-refractivity contribution in [3.8, 4) is 5.75 Å². The number of hydrogen-bond donors (Lipinski definition) is 5. The van der Waals surface area contributed by atoms with Crippen molar-refractivity contribution in [3.05, 3.63) is 77.6 Å². The van der Waals surface area contributed by atoms with Gasteiger partial charge < -0.3 is 24.7 Å². The lowest BCUT2D eigenvalue weighted by molar-refractivity contribution is -0.128. The summed E-state index contributed by atoms with van der Waals surface area (Å²) in [6.45, 7) is 3.50. The van der Waals surface area contributed by atoms with Crippen molar-refractivity contribution in [2.24, 2.45) is 0 Å². The van der Waals surface area contributed by atoms with E-state index in [2.05, 4.69) is 37.2 Å². The standard InChI is InChI=1S/C30H38N5O7P/c1-3-4-5-6-7-12-28-34-30(41-35-28)27(18-22-19-31-25-11-9-8-10-24(22)25)33-29(37)26(32-20(2)36)17-21-13-15-23(16-14-21)42-43(38,39)40/h8-11,13-16,19,26-27,31H,3-7,12,17-18H2,1-2H3,(H,32,36)(H,33,37)(H2,38,39,40)/t26-,27-/m0/s1. The number of benzene rings is 2. The van der Waals surface area contributed by atoms with E-state index in [0.29, 0.717) is 24.2 Å². The second-order valence-corrected chi connectivity index (χ2v) is 11.7. The Bertz CT molecular complexity index is 1550. The van der Waals surface area contributed by atoms with Crippen molar-refractivity contribution in [2.75, 3.05) is 0 Å². The molecule has 2 heterocycles. The molecule has 0 bridgehead atoms.